The number of aromatic nitrogens is 1. The van der Waals surface area contributed by atoms with E-state index in [1.54, 1.807) is 31.2 Å². The lowest BCUT2D eigenvalue weighted by Crippen LogP contribution is -2.30. The van der Waals surface area contributed by atoms with Gasteiger partial charge in [0.25, 0.3) is 0 Å². The zero-order chi connectivity index (χ0) is 16.7. The smallest absolute Gasteiger partial charge is 0.232 e. The molecule has 1 aliphatic rings. The molecule has 6 heteroatoms. The van der Waals surface area contributed by atoms with Crippen LogP contribution in [0.5, 0.6) is 0 Å². The lowest BCUT2D eigenvalue weighted by molar-refractivity contribution is -0.123. The number of nitrogens with zero attached hydrogens (tertiary/aromatic N) is 1. The molecule has 4 rings (SSSR count). The van der Waals surface area contributed by atoms with E-state index in [0.29, 0.717) is 28.4 Å². The molecule has 0 spiro atoms. The van der Waals surface area contributed by atoms with Gasteiger partial charge in [0, 0.05) is 24.7 Å². The van der Waals surface area contributed by atoms with Gasteiger partial charge in [0.05, 0.1) is 5.92 Å². The van der Waals surface area contributed by atoms with E-state index in [4.69, 9.17) is 4.42 Å². The van der Waals surface area contributed by atoms with Gasteiger partial charge in [0.2, 0.25) is 11.8 Å². The van der Waals surface area contributed by atoms with Crippen molar-refractivity contribution in [3.8, 4) is 0 Å². The van der Waals surface area contributed by atoms with E-state index in [1.165, 1.54) is 0 Å². The van der Waals surface area contributed by atoms with Crippen molar-refractivity contribution in [3.05, 3.63) is 53.9 Å². The normalized spacial score (nSPS) is 16.5. The highest BCUT2D eigenvalue weighted by Crippen LogP contribution is 2.33. The Labute approximate surface area is 137 Å². The van der Waals surface area contributed by atoms with E-state index in [9.17, 15) is 9.59 Å². The molecule has 3 aromatic rings. The number of rotatable bonds is 2. The predicted octanol–water partition coefficient (Wildman–Crippen LogP) is 3.20. The standard InChI is InChI=1S/C18H15N3O3/c1-10-19-15-8-11(6-7-16(15)24-10)20-18(23)13-9-17(22)21-14-5-3-2-4-12(13)14/h2-8,13H,9H2,1H3,(H,20,23)(H,21,22)/t13-/m0/s1. The molecule has 0 fully saturated rings. The minimum absolute atomic E-state index is 0.133. The van der Waals surface area contributed by atoms with Crippen LogP contribution >= 0.6 is 0 Å². The van der Waals surface area contributed by atoms with E-state index in [-0.39, 0.29) is 18.2 Å². The zero-order valence-electron chi connectivity index (χ0n) is 13.0. The molecule has 6 nitrogen and oxygen atoms in total. The Balaban J connectivity index is 1.62. The zero-order valence-corrected chi connectivity index (χ0v) is 13.0. The molecule has 0 radical (unpaired) electrons. The van der Waals surface area contributed by atoms with Gasteiger partial charge in [-0.25, -0.2) is 4.98 Å². The molecule has 0 bridgehead atoms. The molecule has 0 saturated carbocycles. The van der Waals surface area contributed by atoms with Crippen LogP contribution in [0.15, 0.2) is 46.9 Å². The van der Waals surface area contributed by atoms with Crippen molar-refractivity contribution in [2.45, 2.75) is 19.3 Å². The van der Waals surface area contributed by atoms with Crippen LogP contribution in [0.1, 0.15) is 23.8 Å². The van der Waals surface area contributed by atoms with Crippen LogP contribution in [-0.2, 0) is 9.59 Å². The van der Waals surface area contributed by atoms with Crippen molar-refractivity contribution >= 4 is 34.3 Å². The van der Waals surface area contributed by atoms with Gasteiger partial charge in [0.15, 0.2) is 11.5 Å². The van der Waals surface area contributed by atoms with Crippen molar-refractivity contribution in [2.24, 2.45) is 0 Å². The molecule has 0 saturated heterocycles. The summed E-state index contributed by atoms with van der Waals surface area (Å²) in [5.41, 5.74) is 3.51. The topological polar surface area (TPSA) is 84.2 Å². The highest BCUT2D eigenvalue weighted by atomic mass is 16.3. The first kappa shape index (κ1) is 14.4. The fourth-order valence-electron chi connectivity index (χ4n) is 2.99. The van der Waals surface area contributed by atoms with Crippen molar-refractivity contribution in [3.63, 3.8) is 0 Å². The second-order valence-corrected chi connectivity index (χ2v) is 5.80. The number of carbonyl (C=O) groups is 2. The summed E-state index contributed by atoms with van der Waals surface area (Å²) in [7, 11) is 0. The number of para-hydroxylation sites is 1. The summed E-state index contributed by atoms with van der Waals surface area (Å²) in [5, 5.41) is 5.67. The Hall–Kier alpha value is -3.15. The highest BCUT2D eigenvalue weighted by Gasteiger charge is 2.30. The number of benzene rings is 2. The average Bonchev–Trinajstić information content (AvgIpc) is 2.93. The average molecular weight is 321 g/mol. The second kappa shape index (κ2) is 5.49. The number of aryl methyl sites for hydroxylation is 1. The van der Waals surface area contributed by atoms with Gasteiger partial charge in [-0.2, -0.15) is 0 Å². The third-order valence-corrected chi connectivity index (χ3v) is 4.08. The number of amides is 2. The Morgan fingerprint density at radius 1 is 1.29 bits per heavy atom. The van der Waals surface area contributed by atoms with E-state index in [0.717, 1.165) is 5.56 Å². The Morgan fingerprint density at radius 2 is 2.12 bits per heavy atom. The fourth-order valence-corrected chi connectivity index (χ4v) is 2.99. The molecule has 0 unspecified atom stereocenters. The lowest BCUT2D eigenvalue weighted by atomic mass is 9.90. The lowest BCUT2D eigenvalue weighted by Gasteiger charge is -2.24. The molecule has 2 N–H and O–H groups in total. The summed E-state index contributed by atoms with van der Waals surface area (Å²) in [6.07, 6.45) is 0.133. The summed E-state index contributed by atoms with van der Waals surface area (Å²) >= 11 is 0. The minimum Gasteiger partial charge on any atom is -0.441 e. The molecule has 2 heterocycles. The van der Waals surface area contributed by atoms with Crippen LogP contribution in [0.2, 0.25) is 0 Å². The Bertz CT molecular complexity index is 961. The van der Waals surface area contributed by atoms with Crippen molar-refractivity contribution < 1.29 is 14.0 Å². The molecule has 2 amide bonds. The van der Waals surface area contributed by atoms with Gasteiger partial charge >= 0.3 is 0 Å². The number of carbonyl (C=O) groups excluding carboxylic acids is 2. The number of hydrogen-bond acceptors (Lipinski definition) is 4. The van der Waals surface area contributed by atoms with Gasteiger partial charge in [0.1, 0.15) is 5.52 Å². The fraction of sp³-hybridized carbons (Fsp3) is 0.167. The third-order valence-electron chi connectivity index (χ3n) is 4.08. The van der Waals surface area contributed by atoms with E-state index in [2.05, 4.69) is 15.6 Å². The maximum absolute atomic E-state index is 12.7. The molecule has 1 aromatic heterocycles. The van der Waals surface area contributed by atoms with Crippen LogP contribution in [0.4, 0.5) is 11.4 Å². The van der Waals surface area contributed by atoms with E-state index < -0.39 is 5.92 Å². The van der Waals surface area contributed by atoms with Gasteiger partial charge < -0.3 is 15.1 Å². The highest BCUT2D eigenvalue weighted by molar-refractivity contribution is 6.05. The van der Waals surface area contributed by atoms with Crippen LogP contribution in [0.25, 0.3) is 11.1 Å². The van der Waals surface area contributed by atoms with Crippen LogP contribution < -0.4 is 10.6 Å². The largest absolute Gasteiger partial charge is 0.441 e. The Kier molecular flexibility index (Phi) is 3.30. The molecule has 24 heavy (non-hydrogen) atoms. The van der Waals surface area contributed by atoms with Crippen molar-refractivity contribution in [1.82, 2.24) is 4.98 Å². The van der Waals surface area contributed by atoms with Crippen molar-refractivity contribution in [2.75, 3.05) is 10.6 Å². The summed E-state index contributed by atoms with van der Waals surface area (Å²) in [6.45, 7) is 1.77. The molecule has 2 aromatic carbocycles. The van der Waals surface area contributed by atoms with E-state index in [1.807, 2.05) is 18.2 Å². The summed E-state index contributed by atoms with van der Waals surface area (Å²) in [5.74, 6) is -0.302. The number of oxazole rings is 1. The van der Waals surface area contributed by atoms with Gasteiger partial charge in [-0.05, 0) is 29.8 Å². The quantitative estimate of drug-likeness (QED) is 0.759. The second-order valence-electron chi connectivity index (χ2n) is 5.80. The molecular formula is C18H15N3O3. The van der Waals surface area contributed by atoms with Crippen molar-refractivity contribution in [1.29, 1.82) is 0 Å². The summed E-state index contributed by atoms with van der Waals surface area (Å²) in [4.78, 5) is 28.8. The van der Waals surface area contributed by atoms with Crippen LogP contribution in [0, 0.1) is 6.92 Å². The summed E-state index contributed by atoms with van der Waals surface area (Å²) in [6, 6.07) is 12.7. The van der Waals surface area contributed by atoms with Gasteiger partial charge in [-0.15, -0.1) is 0 Å². The number of fused-ring (bicyclic) bond motifs is 2. The Morgan fingerprint density at radius 3 is 3.00 bits per heavy atom. The first-order valence-corrected chi connectivity index (χ1v) is 7.67. The number of anilines is 2. The molecule has 120 valence electrons. The number of nitrogens with one attached hydrogen (secondary N) is 2. The van der Waals surface area contributed by atoms with Crippen LogP contribution in [-0.4, -0.2) is 16.8 Å². The maximum Gasteiger partial charge on any atom is 0.232 e. The first-order chi connectivity index (χ1) is 11.6. The van der Waals surface area contributed by atoms with Crippen LogP contribution in [0.3, 0.4) is 0 Å². The molecule has 1 aliphatic heterocycles. The predicted molar refractivity (Wildman–Crippen MR) is 89.8 cm³/mol. The first-order valence-electron chi connectivity index (χ1n) is 7.67. The van der Waals surface area contributed by atoms with E-state index >= 15 is 0 Å². The van der Waals surface area contributed by atoms with Gasteiger partial charge in [-0.1, -0.05) is 18.2 Å². The van der Waals surface area contributed by atoms with Gasteiger partial charge in [-0.3, -0.25) is 9.59 Å². The monoisotopic (exact) mass is 321 g/mol. The minimum atomic E-state index is -0.510. The molecule has 0 aliphatic carbocycles. The maximum atomic E-state index is 12.7. The third kappa shape index (κ3) is 2.52. The molecular weight excluding hydrogens is 306 g/mol. The summed E-state index contributed by atoms with van der Waals surface area (Å²) < 4.78 is 5.43. The number of hydrogen-bond donors (Lipinski definition) is 2. The molecule has 1 atom stereocenters. The SMILES string of the molecule is Cc1nc2cc(NC(=O)[C@H]3CC(=O)Nc4ccccc43)ccc2o1.